The van der Waals surface area contributed by atoms with Crippen molar-refractivity contribution in [3.05, 3.63) is 28.8 Å². The number of hydrogen-bond acceptors (Lipinski definition) is 7. The number of aromatic amines is 1. The second kappa shape index (κ2) is 8.82. The van der Waals surface area contributed by atoms with E-state index in [4.69, 9.17) is 14.2 Å². The first kappa shape index (κ1) is 21.1. The number of piperidine rings is 1. The number of carbonyl (C=O) groups excluding carboxylic acids is 1. The van der Waals surface area contributed by atoms with Gasteiger partial charge in [-0.1, -0.05) is 0 Å². The number of carbonyl (C=O) groups is 1. The molecule has 1 fully saturated rings. The Balaban J connectivity index is 1.68. The summed E-state index contributed by atoms with van der Waals surface area (Å²) in [6.07, 6.45) is 2.97. The summed E-state index contributed by atoms with van der Waals surface area (Å²) >= 11 is 0. The summed E-state index contributed by atoms with van der Waals surface area (Å²) in [5, 5.41) is 3.73. The van der Waals surface area contributed by atoms with Gasteiger partial charge in [0.05, 0.1) is 36.9 Å². The van der Waals surface area contributed by atoms with Crippen molar-refractivity contribution in [2.75, 3.05) is 26.8 Å². The maximum absolute atomic E-state index is 12.6. The van der Waals surface area contributed by atoms with Crippen LogP contribution in [0.4, 0.5) is 0 Å². The van der Waals surface area contributed by atoms with Gasteiger partial charge < -0.3 is 24.5 Å². The number of H-pyrrole nitrogens is 1. The Morgan fingerprint density at radius 3 is 2.79 bits per heavy atom. The number of benzene rings is 1. The molecule has 2 heterocycles. The van der Waals surface area contributed by atoms with Crippen molar-refractivity contribution < 1.29 is 19.0 Å². The average Bonchev–Trinajstić information content (AvgIpc) is 2.67. The molecule has 2 aromatic rings. The van der Waals surface area contributed by atoms with E-state index < -0.39 is 5.60 Å². The first-order valence-corrected chi connectivity index (χ1v) is 9.90. The molecule has 2 N–H and O–H groups in total. The molecule has 2 atom stereocenters. The summed E-state index contributed by atoms with van der Waals surface area (Å²) in [6, 6.07) is 3.34. The number of aromatic nitrogens is 2. The van der Waals surface area contributed by atoms with Crippen LogP contribution in [0.5, 0.6) is 11.5 Å². The first-order chi connectivity index (χ1) is 13.8. The highest BCUT2D eigenvalue weighted by Gasteiger charge is 2.34. The molecule has 0 amide bonds. The van der Waals surface area contributed by atoms with Gasteiger partial charge in [0.15, 0.2) is 11.5 Å². The Morgan fingerprint density at radius 2 is 2.07 bits per heavy atom. The molecule has 0 spiro atoms. The van der Waals surface area contributed by atoms with Gasteiger partial charge in [0.2, 0.25) is 0 Å². The van der Waals surface area contributed by atoms with E-state index in [-0.39, 0.29) is 23.4 Å². The number of hydrogen-bond donors (Lipinski definition) is 2. The van der Waals surface area contributed by atoms with E-state index in [1.54, 1.807) is 12.1 Å². The van der Waals surface area contributed by atoms with Crippen LogP contribution in [0.15, 0.2) is 23.3 Å². The highest BCUT2D eigenvalue weighted by atomic mass is 16.6. The summed E-state index contributed by atoms with van der Waals surface area (Å²) in [4.78, 5) is 31.2. The van der Waals surface area contributed by atoms with Crippen molar-refractivity contribution in [3.8, 4) is 11.5 Å². The molecule has 1 aliphatic heterocycles. The number of nitrogens with zero attached hydrogens (tertiary/aromatic N) is 1. The number of ether oxygens (including phenoxy) is 3. The maximum atomic E-state index is 12.6. The van der Waals surface area contributed by atoms with Gasteiger partial charge in [-0.25, -0.2) is 4.98 Å². The molecule has 8 heteroatoms. The molecule has 1 saturated heterocycles. The van der Waals surface area contributed by atoms with Gasteiger partial charge >= 0.3 is 5.97 Å². The highest BCUT2D eigenvalue weighted by molar-refractivity contribution is 5.81. The smallest absolute Gasteiger partial charge is 0.311 e. The van der Waals surface area contributed by atoms with Gasteiger partial charge in [0, 0.05) is 12.6 Å². The molecule has 0 aliphatic carbocycles. The monoisotopic (exact) mass is 403 g/mol. The molecule has 0 bridgehead atoms. The molecule has 0 radical (unpaired) electrons. The molecule has 1 aromatic heterocycles. The lowest BCUT2D eigenvalue weighted by molar-refractivity contribution is -0.162. The van der Waals surface area contributed by atoms with E-state index >= 15 is 0 Å². The normalized spacial score (nSPS) is 19.7. The Kier molecular flexibility index (Phi) is 6.42. The van der Waals surface area contributed by atoms with Gasteiger partial charge in [-0.2, -0.15) is 0 Å². The largest absolute Gasteiger partial charge is 0.493 e. The maximum Gasteiger partial charge on any atom is 0.311 e. The zero-order chi connectivity index (χ0) is 21.0. The topological polar surface area (TPSA) is 103 Å². The van der Waals surface area contributed by atoms with Crippen molar-refractivity contribution in [1.82, 2.24) is 15.3 Å². The fourth-order valence-corrected chi connectivity index (χ4v) is 3.58. The average molecular weight is 403 g/mol. The molecule has 29 heavy (non-hydrogen) atoms. The lowest BCUT2D eigenvalue weighted by Crippen LogP contribution is -2.44. The zero-order valence-corrected chi connectivity index (χ0v) is 17.4. The van der Waals surface area contributed by atoms with Gasteiger partial charge in [-0.3, -0.25) is 9.59 Å². The predicted molar refractivity (Wildman–Crippen MR) is 109 cm³/mol. The van der Waals surface area contributed by atoms with Crippen molar-refractivity contribution in [3.63, 3.8) is 0 Å². The standard InChI is InChI=1S/C21H29N3O5/c1-21(2,3)29-20(26)15-11-22-7-5-13(15)6-8-28-18-10-16-14(9-17(18)27-4)19(25)24-12-23-16/h9-10,12-13,15,22H,5-8,11H2,1-4H3,(H,23,24,25). The fourth-order valence-electron chi connectivity index (χ4n) is 3.58. The summed E-state index contributed by atoms with van der Waals surface area (Å²) in [6.45, 7) is 7.55. The number of fused-ring (bicyclic) bond motifs is 1. The minimum Gasteiger partial charge on any atom is -0.493 e. The Hall–Kier alpha value is -2.61. The number of methoxy groups -OCH3 is 1. The van der Waals surface area contributed by atoms with Gasteiger partial charge in [-0.05, 0) is 52.1 Å². The van der Waals surface area contributed by atoms with Crippen LogP contribution in [0, 0.1) is 11.8 Å². The second-order valence-electron chi connectivity index (χ2n) is 8.28. The molecule has 2 unspecified atom stereocenters. The van der Waals surface area contributed by atoms with Crippen LogP contribution < -0.4 is 20.3 Å². The van der Waals surface area contributed by atoms with E-state index in [2.05, 4.69) is 15.3 Å². The molecular formula is C21H29N3O5. The van der Waals surface area contributed by atoms with E-state index in [1.165, 1.54) is 13.4 Å². The third-order valence-electron chi connectivity index (χ3n) is 5.01. The number of nitrogens with one attached hydrogen (secondary N) is 2. The number of esters is 1. The van der Waals surface area contributed by atoms with Gasteiger partial charge in [-0.15, -0.1) is 0 Å². The lowest BCUT2D eigenvalue weighted by Gasteiger charge is -2.32. The Labute approximate surface area is 170 Å². The van der Waals surface area contributed by atoms with Crippen LogP contribution in [-0.4, -0.2) is 48.3 Å². The van der Waals surface area contributed by atoms with E-state index in [0.29, 0.717) is 35.6 Å². The Morgan fingerprint density at radius 1 is 1.28 bits per heavy atom. The first-order valence-electron chi connectivity index (χ1n) is 9.90. The summed E-state index contributed by atoms with van der Waals surface area (Å²) in [5.74, 6) is 0.830. The van der Waals surface area contributed by atoms with Crippen molar-refractivity contribution in [2.45, 2.75) is 39.2 Å². The van der Waals surface area contributed by atoms with Crippen LogP contribution in [0.25, 0.3) is 10.9 Å². The van der Waals surface area contributed by atoms with E-state index in [1.807, 2.05) is 20.8 Å². The third kappa shape index (κ3) is 5.26. The van der Waals surface area contributed by atoms with Crippen LogP contribution >= 0.6 is 0 Å². The van der Waals surface area contributed by atoms with Crippen LogP contribution in [0.1, 0.15) is 33.6 Å². The lowest BCUT2D eigenvalue weighted by atomic mass is 9.84. The zero-order valence-electron chi connectivity index (χ0n) is 17.4. The Bertz CT molecular complexity index is 919. The molecule has 8 nitrogen and oxygen atoms in total. The molecular weight excluding hydrogens is 374 g/mol. The second-order valence-corrected chi connectivity index (χ2v) is 8.28. The van der Waals surface area contributed by atoms with Crippen LogP contribution in [0.3, 0.4) is 0 Å². The molecule has 1 aliphatic rings. The number of rotatable bonds is 6. The van der Waals surface area contributed by atoms with E-state index in [9.17, 15) is 9.59 Å². The quantitative estimate of drug-likeness (QED) is 0.713. The minimum absolute atomic E-state index is 0.165. The molecule has 1 aromatic carbocycles. The van der Waals surface area contributed by atoms with Crippen LogP contribution in [-0.2, 0) is 9.53 Å². The van der Waals surface area contributed by atoms with Crippen molar-refractivity contribution >= 4 is 16.9 Å². The third-order valence-corrected chi connectivity index (χ3v) is 5.01. The molecule has 3 rings (SSSR count). The minimum atomic E-state index is -0.501. The van der Waals surface area contributed by atoms with Crippen molar-refractivity contribution in [2.24, 2.45) is 11.8 Å². The SMILES string of the molecule is COc1cc2c(=O)[nH]cnc2cc1OCCC1CCNCC1C(=O)OC(C)(C)C. The summed E-state index contributed by atoms with van der Waals surface area (Å²) < 4.78 is 16.9. The summed E-state index contributed by atoms with van der Waals surface area (Å²) in [7, 11) is 1.53. The van der Waals surface area contributed by atoms with Crippen LogP contribution in [0.2, 0.25) is 0 Å². The fraction of sp³-hybridized carbons (Fsp3) is 0.571. The highest BCUT2D eigenvalue weighted by Crippen LogP contribution is 2.31. The van der Waals surface area contributed by atoms with E-state index in [0.717, 1.165) is 19.4 Å². The van der Waals surface area contributed by atoms with Crippen molar-refractivity contribution in [1.29, 1.82) is 0 Å². The van der Waals surface area contributed by atoms with Gasteiger partial charge in [0.25, 0.3) is 5.56 Å². The summed E-state index contributed by atoms with van der Waals surface area (Å²) in [5.41, 5.74) is -0.188. The van der Waals surface area contributed by atoms with Gasteiger partial charge in [0.1, 0.15) is 5.60 Å². The molecule has 0 saturated carbocycles. The predicted octanol–water partition coefficient (Wildman–Crippen LogP) is 2.27. The molecule has 158 valence electrons.